The zero-order valence-corrected chi connectivity index (χ0v) is 19.0. The van der Waals surface area contributed by atoms with Crippen LogP contribution in [0, 0.1) is 6.92 Å². The van der Waals surface area contributed by atoms with Gasteiger partial charge in [-0.3, -0.25) is 9.48 Å². The van der Waals surface area contributed by atoms with Crippen molar-refractivity contribution in [2.75, 3.05) is 5.32 Å². The number of hydrogen-bond donors (Lipinski definition) is 1. The van der Waals surface area contributed by atoms with Gasteiger partial charge in [0, 0.05) is 17.2 Å². The maximum Gasteiger partial charge on any atom is 0.436 e. The van der Waals surface area contributed by atoms with Gasteiger partial charge < -0.3 is 5.32 Å². The first-order chi connectivity index (χ1) is 15.7. The number of rotatable bonds is 5. The Hall–Kier alpha value is -2.91. The molecule has 5 rings (SSSR count). The molecule has 4 aromatic rings. The van der Waals surface area contributed by atoms with Gasteiger partial charge in [-0.2, -0.15) is 18.3 Å². The number of fused-ring (bicyclic) bond motifs is 1. The average molecular weight is 491 g/mol. The molecule has 1 fully saturated rings. The Morgan fingerprint density at radius 1 is 1.21 bits per heavy atom. The molecule has 5 nitrogen and oxygen atoms in total. The van der Waals surface area contributed by atoms with Crippen LogP contribution in [0.4, 0.5) is 18.9 Å². The lowest BCUT2D eigenvalue weighted by molar-refractivity contribution is -0.141. The Bertz CT molecular complexity index is 1360. The van der Waals surface area contributed by atoms with Gasteiger partial charge in [0.2, 0.25) is 5.91 Å². The number of aryl methyl sites for hydroxylation is 1. The normalized spacial score (nSPS) is 14.1. The molecule has 0 spiro atoms. The van der Waals surface area contributed by atoms with Gasteiger partial charge in [0.25, 0.3) is 0 Å². The number of thiazole rings is 1. The lowest BCUT2D eigenvalue weighted by Crippen LogP contribution is -2.21. The highest BCUT2D eigenvalue weighted by Gasteiger charge is 2.42. The lowest BCUT2D eigenvalue weighted by atomic mass is 10.2. The van der Waals surface area contributed by atoms with E-state index in [2.05, 4.69) is 21.5 Å². The molecule has 0 atom stereocenters. The first-order valence-corrected chi connectivity index (χ1v) is 11.5. The van der Waals surface area contributed by atoms with Crippen molar-refractivity contribution < 1.29 is 18.0 Å². The largest absolute Gasteiger partial charge is 0.436 e. The van der Waals surface area contributed by atoms with E-state index in [0.717, 1.165) is 38.3 Å². The molecule has 1 N–H and O–H groups in total. The van der Waals surface area contributed by atoms with Crippen molar-refractivity contribution in [2.45, 2.75) is 38.4 Å². The van der Waals surface area contributed by atoms with Gasteiger partial charge in [-0.25, -0.2) is 4.98 Å². The Labute approximate surface area is 196 Å². The number of carbonyl (C=O) groups excluding carboxylic acids is 1. The van der Waals surface area contributed by atoms with Crippen LogP contribution in [0.3, 0.4) is 0 Å². The number of amides is 1. The topological polar surface area (TPSA) is 59.8 Å². The van der Waals surface area contributed by atoms with Crippen LogP contribution in [0.5, 0.6) is 0 Å². The summed E-state index contributed by atoms with van der Waals surface area (Å²) in [7, 11) is 0. The summed E-state index contributed by atoms with van der Waals surface area (Å²) in [6, 6.07) is 13.3. The average Bonchev–Trinajstić information content (AvgIpc) is 3.40. The quantitative estimate of drug-likeness (QED) is 0.340. The Kier molecular flexibility index (Phi) is 5.41. The number of nitrogens with zero attached hydrogens (tertiary/aromatic N) is 3. The van der Waals surface area contributed by atoms with Crippen LogP contribution >= 0.6 is 22.9 Å². The summed E-state index contributed by atoms with van der Waals surface area (Å²) in [6.07, 6.45) is -3.20. The predicted octanol–water partition coefficient (Wildman–Crippen LogP) is 6.66. The molecule has 0 radical (unpaired) electrons. The number of anilines is 1. The summed E-state index contributed by atoms with van der Waals surface area (Å²) in [6.45, 7) is 1.69. The highest BCUT2D eigenvalue weighted by molar-refractivity contribution is 7.21. The van der Waals surface area contributed by atoms with E-state index in [4.69, 9.17) is 11.6 Å². The van der Waals surface area contributed by atoms with Crippen molar-refractivity contribution >= 4 is 44.7 Å². The molecule has 0 aliphatic heterocycles. The third kappa shape index (κ3) is 4.47. The first-order valence-electron chi connectivity index (χ1n) is 10.3. The zero-order chi connectivity index (χ0) is 23.3. The van der Waals surface area contributed by atoms with Crippen molar-refractivity contribution in [2.24, 2.45) is 0 Å². The van der Waals surface area contributed by atoms with E-state index >= 15 is 0 Å². The second kappa shape index (κ2) is 8.14. The highest BCUT2D eigenvalue weighted by Crippen LogP contribution is 2.46. The Morgan fingerprint density at radius 2 is 1.94 bits per heavy atom. The van der Waals surface area contributed by atoms with Gasteiger partial charge in [-0.15, -0.1) is 11.3 Å². The van der Waals surface area contributed by atoms with E-state index in [9.17, 15) is 18.0 Å². The first kappa shape index (κ1) is 21.9. The van der Waals surface area contributed by atoms with Crippen LogP contribution in [-0.4, -0.2) is 20.7 Å². The van der Waals surface area contributed by atoms with Crippen LogP contribution in [0.1, 0.15) is 35.7 Å². The molecule has 1 saturated carbocycles. The Balaban J connectivity index is 1.31. The van der Waals surface area contributed by atoms with Crippen LogP contribution in [0.2, 0.25) is 5.02 Å². The van der Waals surface area contributed by atoms with E-state index < -0.39 is 22.8 Å². The van der Waals surface area contributed by atoms with E-state index in [-0.39, 0.29) is 18.2 Å². The van der Waals surface area contributed by atoms with E-state index in [1.165, 1.54) is 5.56 Å². The summed E-state index contributed by atoms with van der Waals surface area (Å²) in [5, 5.41) is 6.77. The van der Waals surface area contributed by atoms with Crippen molar-refractivity contribution in [3.05, 3.63) is 64.4 Å². The van der Waals surface area contributed by atoms with E-state index in [0.29, 0.717) is 5.69 Å². The summed E-state index contributed by atoms with van der Waals surface area (Å²) in [4.78, 5) is 17.2. The van der Waals surface area contributed by atoms with Crippen molar-refractivity contribution in [1.82, 2.24) is 14.8 Å². The van der Waals surface area contributed by atoms with Gasteiger partial charge in [0.15, 0.2) is 5.69 Å². The van der Waals surface area contributed by atoms with Crippen molar-refractivity contribution in [3.63, 3.8) is 0 Å². The number of alkyl halides is 3. The Morgan fingerprint density at radius 3 is 2.61 bits per heavy atom. The number of nitrogens with one attached hydrogen (secondary N) is 1. The van der Waals surface area contributed by atoms with Gasteiger partial charge >= 0.3 is 6.18 Å². The summed E-state index contributed by atoms with van der Waals surface area (Å²) in [5.41, 5.74) is 2.68. The van der Waals surface area contributed by atoms with Crippen molar-refractivity contribution in [3.8, 4) is 10.6 Å². The third-order valence-corrected chi connectivity index (χ3v) is 6.86. The molecular formula is C23H18ClF3N4OS. The SMILES string of the molecule is Cc1ccc2nc(-c3ccc(NC(=O)Cn4nc(C(F)(F)F)c(Cl)c4C4CC4)cc3)sc2c1. The fourth-order valence-electron chi connectivity index (χ4n) is 3.69. The molecule has 0 bridgehead atoms. The molecule has 1 aliphatic carbocycles. The maximum atomic E-state index is 13.2. The molecule has 1 amide bonds. The fraction of sp³-hybridized carbons (Fsp3) is 0.261. The fourth-order valence-corrected chi connectivity index (χ4v) is 5.16. The molecule has 2 aromatic carbocycles. The second-order valence-electron chi connectivity index (χ2n) is 8.09. The van der Waals surface area contributed by atoms with Gasteiger partial charge in [0.1, 0.15) is 11.6 Å². The number of hydrogen-bond acceptors (Lipinski definition) is 4. The second-order valence-corrected chi connectivity index (χ2v) is 9.50. The van der Waals surface area contributed by atoms with Crippen LogP contribution in [-0.2, 0) is 17.5 Å². The molecule has 2 aromatic heterocycles. The minimum atomic E-state index is -4.67. The third-order valence-electron chi connectivity index (χ3n) is 5.42. The monoisotopic (exact) mass is 490 g/mol. The van der Waals surface area contributed by atoms with E-state index in [1.807, 2.05) is 31.2 Å². The molecule has 170 valence electrons. The van der Waals surface area contributed by atoms with Crippen molar-refractivity contribution in [1.29, 1.82) is 0 Å². The summed E-state index contributed by atoms with van der Waals surface area (Å²) >= 11 is 7.55. The van der Waals surface area contributed by atoms with Crippen LogP contribution in [0.25, 0.3) is 20.8 Å². The molecule has 10 heteroatoms. The lowest BCUT2D eigenvalue weighted by Gasteiger charge is -2.09. The molecule has 2 heterocycles. The minimum Gasteiger partial charge on any atom is -0.324 e. The summed E-state index contributed by atoms with van der Waals surface area (Å²) in [5.74, 6) is -0.571. The molecular weight excluding hydrogens is 473 g/mol. The zero-order valence-electron chi connectivity index (χ0n) is 17.4. The molecule has 1 aliphatic rings. The maximum absolute atomic E-state index is 13.2. The number of carbonyl (C=O) groups is 1. The standard InChI is InChI=1S/C23H18ClF3N4OS/c1-12-2-9-16-17(10-12)33-22(29-16)14-5-7-15(8-6-14)28-18(32)11-31-20(13-3-4-13)19(24)21(30-31)23(25,26)27/h2,5-10,13H,3-4,11H2,1H3,(H,28,32). The van der Waals surface area contributed by atoms with Gasteiger partial charge in [-0.05, 0) is 61.7 Å². The molecule has 33 heavy (non-hydrogen) atoms. The number of benzene rings is 2. The smallest absolute Gasteiger partial charge is 0.324 e. The van der Waals surface area contributed by atoms with Gasteiger partial charge in [-0.1, -0.05) is 17.7 Å². The predicted molar refractivity (Wildman–Crippen MR) is 123 cm³/mol. The molecule has 0 unspecified atom stereocenters. The minimum absolute atomic E-state index is 0.0919. The summed E-state index contributed by atoms with van der Waals surface area (Å²) < 4.78 is 41.8. The number of aromatic nitrogens is 3. The van der Waals surface area contributed by atoms with E-state index in [1.54, 1.807) is 23.5 Å². The van der Waals surface area contributed by atoms with Gasteiger partial charge in [0.05, 0.1) is 20.9 Å². The number of halogens is 4. The molecule has 0 saturated heterocycles. The van der Waals surface area contributed by atoms with Crippen LogP contribution < -0.4 is 5.32 Å². The highest BCUT2D eigenvalue weighted by atomic mass is 35.5. The van der Waals surface area contributed by atoms with Crippen LogP contribution in [0.15, 0.2) is 42.5 Å².